The average Bonchev–Trinajstić information content (AvgIpc) is 3.02. The van der Waals surface area contributed by atoms with E-state index in [4.69, 9.17) is 4.42 Å². The summed E-state index contributed by atoms with van der Waals surface area (Å²) in [5, 5.41) is 6.80. The first-order valence-corrected chi connectivity index (χ1v) is 10.4. The monoisotopic (exact) mass is 390 g/mol. The number of pyridine rings is 1. The van der Waals surface area contributed by atoms with Crippen LogP contribution in [0.5, 0.6) is 0 Å². The fourth-order valence-electron chi connectivity index (χ4n) is 2.68. The maximum atomic E-state index is 12.8. The van der Waals surface area contributed by atoms with Gasteiger partial charge in [-0.25, -0.2) is 13.4 Å². The molecule has 3 aromatic heterocycles. The topological polar surface area (TPSA) is 107 Å². The van der Waals surface area contributed by atoms with Crippen molar-refractivity contribution in [2.45, 2.75) is 45.1 Å². The largest absolute Gasteiger partial charge is 0.424 e. The first-order valence-electron chi connectivity index (χ1n) is 8.68. The third-order valence-electron chi connectivity index (χ3n) is 4.16. The molecule has 0 amide bonds. The van der Waals surface area contributed by atoms with Crippen LogP contribution in [0, 0.1) is 12.8 Å². The number of rotatable bonds is 6. The molecule has 0 fully saturated rings. The number of hydrogen-bond donors (Lipinski definition) is 0. The summed E-state index contributed by atoms with van der Waals surface area (Å²) >= 11 is 0. The van der Waals surface area contributed by atoms with Crippen LogP contribution in [0.25, 0.3) is 5.65 Å². The standard InChI is InChI=1S/C18H22N4O4S/c1-11(2)7-16-20-21-18(26-16)13(4)27(24,25)10-14-8-17(23)22-9-12(3)5-6-15(22)19-14/h5-6,8-9,11,13H,7,10H2,1-4H3. The lowest BCUT2D eigenvalue weighted by Crippen LogP contribution is -2.19. The molecule has 1 atom stereocenters. The first-order chi connectivity index (χ1) is 12.7. The molecule has 0 aromatic carbocycles. The molecule has 0 bridgehead atoms. The lowest BCUT2D eigenvalue weighted by Gasteiger charge is -2.10. The maximum absolute atomic E-state index is 12.8. The fraction of sp³-hybridized carbons (Fsp3) is 0.444. The van der Waals surface area contributed by atoms with Crippen LogP contribution in [-0.4, -0.2) is 28.0 Å². The molecular weight excluding hydrogens is 368 g/mol. The molecule has 0 N–H and O–H groups in total. The zero-order chi connectivity index (χ0) is 19.8. The number of aromatic nitrogens is 4. The van der Waals surface area contributed by atoms with E-state index in [1.54, 1.807) is 12.3 Å². The molecule has 8 nitrogen and oxygen atoms in total. The fourth-order valence-corrected chi connectivity index (χ4v) is 3.89. The number of hydrogen-bond acceptors (Lipinski definition) is 7. The summed E-state index contributed by atoms with van der Waals surface area (Å²) in [6.07, 6.45) is 2.25. The summed E-state index contributed by atoms with van der Waals surface area (Å²) in [4.78, 5) is 16.6. The van der Waals surface area contributed by atoms with Crippen molar-refractivity contribution >= 4 is 15.5 Å². The van der Waals surface area contributed by atoms with Gasteiger partial charge in [-0.05, 0) is 31.4 Å². The van der Waals surface area contributed by atoms with E-state index in [9.17, 15) is 13.2 Å². The molecule has 3 aromatic rings. The van der Waals surface area contributed by atoms with Gasteiger partial charge in [0.25, 0.3) is 5.56 Å². The Labute approximate surface area is 157 Å². The third kappa shape index (κ3) is 4.24. The van der Waals surface area contributed by atoms with Gasteiger partial charge in [0.05, 0.1) is 11.4 Å². The highest BCUT2D eigenvalue weighted by Gasteiger charge is 2.29. The normalized spacial score (nSPS) is 13.4. The van der Waals surface area contributed by atoms with Crippen molar-refractivity contribution < 1.29 is 12.8 Å². The van der Waals surface area contributed by atoms with Crippen molar-refractivity contribution in [1.82, 2.24) is 19.6 Å². The van der Waals surface area contributed by atoms with Crippen LogP contribution in [0.3, 0.4) is 0 Å². The van der Waals surface area contributed by atoms with Crippen molar-refractivity contribution in [2.24, 2.45) is 5.92 Å². The Morgan fingerprint density at radius 3 is 2.63 bits per heavy atom. The molecule has 0 aliphatic rings. The number of nitrogens with zero attached hydrogens (tertiary/aromatic N) is 4. The van der Waals surface area contributed by atoms with E-state index in [0.717, 1.165) is 5.56 Å². The lowest BCUT2D eigenvalue weighted by atomic mass is 10.1. The highest BCUT2D eigenvalue weighted by Crippen LogP contribution is 2.24. The average molecular weight is 390 g/mol. The summed E-state index contributed by atoms with van der Waals surface area (Å²) in [6.45, 7) is 7.38. The number of fused-ring (bicyclic) bond motifs is 1. The van der Waals surface area contributed by atoms with E-state index in [0.29, 0.717) is 23.9 Å². The van der Waals surface area contributed by atoms with Crippen LogP contribution in [0.1, 0.15) is 49.1 Å². The van der Waals surface area contributed by atoms with E-state index < -0.39 is 15.1 Å². The molecule has 0 aliphatic heterocycles. The van der Waals surface area contributed by atoms with Gasteiger partial charge in [0.2, 0.25) is 11.8 Å². The van der Waals surface area contributed by atoms with Gasteiger partial charge in [-0.3, -0.25) is 9.20 Å². The number of aryl methyl sites for hydroxylation is 1. The Balaban J connectivity index is 1.87. The molecule has 0 radical (unpaired) electrons. The quantitative estimate of drug-likeness (QED) is 0.635. The van der Waals surface area contributed by atoms with Crippen LogP contribution < -0.4 is 5.56 Å². The van der Waals surface area contributed by atoms with Crippen LogP contribution >= 0.6 is 0 Å². The summed E-state index contributed by atoms with van der Waals surface area (Å²) < 4.78 is 32.4. The van der Waals surface area contributed by atoms with Gasteiger partial charge in [0.15, 0.2) is 9.84 Å². The molecule has 27 heavy (non-hydrogen) atoms. The van der Waals surface area contributed by atoms with Gasteiger partial charge >= 0.3 is 0 Å². The van der Waals surface area contributed by atoms with Gasteiger partial charge < -0.3 is 4.42 Å². The Morgan fingerprint density at radius 2 is 1.93 bits per heavy atom. The Bertz CT molecular complexity index is 1130. The van der Waals surface area contributed by atoms with Gasteiger partial charge in [-0.1, -0.05) is 19.9 Å². The zero-order valence-corrected chi connectivity index (χ0v) is 16.5. The van der Waals surface area contributed by atoms with Gasteiger partial charge in [0.1, 0.15) is 10.9 Å². The first kappa shape index (κ1) is 19.2. The third-order valence-corrected chi connectivity index (χ3v) is 6.14. The molecule has 0 aliphatic carbocycles. The van der Waals surface area contributed by atoms with E-state index in [2.05, 4.69) is 15.2 Å². The van der Waals surface area contributed by atoms with Crippen molar-refractivity contribution in [3.8, 4) is 0 Å². The van der Waals surface area contributed by atoms with E-state index >= 15 is 0 Å². The Morgan fingerprint density at radius 1 is 1.19 bits per heavy atom. The predicted molar refractivity (Wildman–Crippen MR) is 100 cm³/mol. The minimum Gasteiger partial charge on any atom is -0.424 e. The summed E-state index contributed by atoms with van der Waals surface area (Å²) in [6, 6.07) is 4.75. The maximum Gasteiger partial charge on any atom is 0.258 e. The van der Waals surface area contributed by atoms with Crippen molar-refractivity contribution in [2.75, 3.05) is 0 Å². The summed E-state index contributed by atoms with van der Waals surface area (Å²) in [5.41, 5.74) is 1.19. The van der Waals surface area contributed by atoms with E-state index in [1.165, 1.54) is 17.4 Å². The SMILES string of the molecule is Cc1ccc2nc(CS(=O)(=O)C(C)c3nnc(CC(C)C)o3)cc(=O)n2c1. The van der Waals surface area contributed by atoms with Crippen molar-refractivity contribution in [3.05, 3.63) is 57.8 Å². The molecule has 0 saturated carbocycles. The van der Waals surface area contributed by atoms with E-state index in [-0.39, 0.29) is 22.9 Å². The van der Waals surface area contributed by atoms with Crippen molar-refractivity contribution in [1.29, 1.82) is 0 Å². The van der Waals surface area contributed by atoms with Crippen LogP contribution in [-0.2, 0) is 22.0 Å². The van der Waals surface area contributed by atoms with Gasteiger partial charge in [-0.2, -0.15) is 0 Å². The minimum atomic E-state index is -3.68. The summed E-state index contributed by atoms with van der Waals surface area (Å²) in [7, 11) is -3.68. The molecular formula is C18H22N4O4S. The Kier molecular flexibility index (Phi) is 5.14. The molecule has 1 unspecified atom stereocenters. The Hall–Kier alpha value is -2.55. The molecule has 3 heterocycles. The van der Waals surface area contributed by atoms with Crippen LogP contribution in [0.2, 0.25) is 0 Å². The molecule has 9 heteroatoms. The highest BCUT2D eigenvalue weighted by atomic mass is 32.2. The second kappa shape index (κ2) is 7.22. The van der Waals surface area contributed by atoms with E-state index in [1.807, 2.05) is 26.8 Å². The smallest absolute Gasteiger partial charge is 0.258 e. The van der Waals surface area contributed by atoms with Crippen LogP contribution in [0.4, 0.5) is 0 Å². The lowest BCUT2D eigenvalue weighted by molar-refractivity contribution is 0.422. The second-order valence-corrected chi connectivity index (χ2v) is 9.42. The minimum absolute atomic E-state index is 0.0544. The van der Waals surface area contributed by atoms with Gasteiger partial charge in [0, 0.05) is 18.7 Å². The van der Waals surface area contributed by atoms with Crippen molar-refractivity contribution in [3.63, 3.8) is 0 Å². The molecule has 0 saturated heterocycles. The summed E-state index contributed by atoms with van der Waals surface area (Å²) in [5.74, 6) is 0.414. The second-order valence-electron chi connectivity index (χ2n) is 7.10. The number of sulfone groups is 1. The molecule has 144 valence electrons. The molecule has 0 spiro atoms. The zero-order valence-electron chi connectivity index (χ0n) is 15.7. The molecule has 3 rings (SSSR count). The predicted octanol–water partition coefficient (Wildman–Crippen LogP) is 2.26. The van der Waals surface area contributed by atoms with Crippen LogP contribution in [0.15, 0.2) is 33.6 Å². The van der Waals surface area contributed by atoms with Gasteiger partial charge in [-0.15, -0.1) is 10.2 Å². The highest BCUT2D eigenvalue weighted by molar-refractivity contribution is 7.90.